The summed E-state index contributed by atoms with van der Waals surface area (Å²) in [5.74, 6) is 0.0547. The summed E-state index contributed by atoms with van der Waals surface area (Å²) in [4.78, 5) is 4.70. The molecule has 3 aromatic rings. The second-order valence-corrected chi connectivity index (χ2v) is 9.36. The second-order valence-electron chi connectivity index (χ2n) is 6.24. The predicted molar refractivity (Wildman–Crippen MR) is 109 cm³/mol. The van der Waals surface area contributed by atoms with E-state index >= 15 is 0 Å². The molecule has 0 unspecified atom stereocenters. The second kappa shape index (κ2) is 7.39. The molecular weight excluding hydrogens is 388 g/mol. The van der Waals surface area contributed by atoms with E-state index in [9.17, 15) is 8.42 Å². The van der Waals surface area contributed by atoms with Crippen LogP contribution in [0.2, 0.25) is 5.02 Å². The summed E-state index contributed by atoms with van der Waals surface area (Å²) in [5.41, 5.74) is 2.66. The summed E-state index contributed by atoms with van der Waals surface area (Å²) in [6.45, 7) is 5.86. The predicted octanol–water partition coefficient (Wildman–Crippen LogP) is 5.70. The maximum absolute atomic E-state index is 13.1. The number of aromatic nitrogens is 1. The van der Waals surface area contributed by atoms with E-state index in [-0.39, 0.29) is 10.8 Å². The Morgan fingerprint density at radius 1 is 1.15 bits per heavy atom. The van der Waals surface area contributed by atoms with Gasteiger partial charge in [0.1, 0.15) is 0 Å². The Kier molecular flexibility index (Phi) is 5.37. The van der Waals surface area contributed by atoms with E-state index in [1.807, 2.05) is 38.3 Å². The highest BCUT2D eigenvalue weighted by Crippen LogP contribution is 2.32. The lowest BCUT2D eigenvalue weighted by atomic mass is 10.0. The number of nitrogens with one attached hydrogen (secondary N) is 1. The topological polar surface area (TPSA) is 59.1 Å². The Balaban J connectivity index is 2.10. The minimum atomic E-state index is -3.79. The number of hydrogen-bond acceptors (Lipinski definition) is 4. The zero-order chi connectivity index (χ0) is 18.9. The van der Waals surface area contributed by atoms with Gasteiger partial charge < -0.3 is 0 Å². The van der Waals surface area contributed by atoms with Crippen LogP contribution in [0.15, 0.2) is 52.7 Å². The van der Waals surface area contributed by atoms with Gasteiger partial charge in [0.2, 0.25) is 0 Å². The minimum absolute atomic E-state index is 0.0547. The molecule has 0 fully saturated rings. The molecule has 4 nitrogen and oxygen atoms in total. The van der Waals surface area contributed by atoms with Crippen LogP contribution >= 0.6 is 22.9 Å². The van der Waals surface area contributed by atoms with Crippen molar-refractivity contribution in [3.05, 3.63) is 63.4 Å². The molecule has 1 heterocycles. The number of para-hydroxylation sites is 1. The smallest absolute Gasteiger partial charge is 0.262 e. The molecule has 7 heteroatoms. The molecule has 0 radical (unpaired) electrons. The van der Waals surface area contributed by atoms with Crippen LogP contribution in [-0.4, -0.2) is 13.4 Å². The van der Waals surface area contributed by atoms with Crippen LogP contribution in [0.25, 0.3) is 11.3 Å². The van der Waals surface area contributed by atoms with E-state index in [1.54, 1.807) is 30.3 Å². The lowest BCUT2D eigenvalue weighted by Gasteiger charge is -2.16. The highest BCUT2D eigenvalue weighted by molar-refractivity contribution is 7.92. The van der Waals surface area contributed by atoms with Gasteiger partial charge in [-0.05, 0) is 36.6 Å². The average Bonchev–Trinajstić information content (AvgIpc) is 3.02. The number of rotatable bonds is 5. The molecule has 0 aliphatic carbocycles. The summed E-state index contributed by atoms with van der Waals surface area (Å²) in [5, 5.41) is 3.22. The molecule has 0 aliphatic rings. The van der Waals surface area contributed by atoms with E-state index in [0.29, 0.717) is 10.7 Å². The lowest BCUT2D eigenvalue weighted by Crippen LogP contribution is -2.16. The van der Waals surface area contributed by atoms with Crippen molar-refractivity contribution in [3.63, 3.8) is 0 Å². The first-order valence-corrected chi connectivity index (χ1v) is 10.9. The molecule has 2 aromatic carbocycles. The molecule has 0 saturated carbocycles. The number of anilines is 1. The fourth-order valence-corrected chi connectivity index (χ4v) is 4.98. The van der Waals surface area contributed by atoms with Crippen molar-refractivity contribution in [2.75, 3.05) is 4.72 Å². The van der Waals surface area contributed by atoms with Crippen LogP contribution < -0.4 is 4.72 Å². The summed E-state index contributed by atoms with van der Waals surface area (Å²) >= 11 is 7.65. The first-order valence-electron chi connectivity index (χ1n) is 8.12. The quantitative estimate of drug-likeness (QED) is 0.591. The minimum Gasteiger partial charge on any atom is -0.278 e. The molecule has 1 N–H and O–H groups in total. The van der Waals surface area contributed by atoms with Crippen LogP contribution in [0, 0.1) is 6.92 Å². The molecule has 3 rings (SSSR count). The summed E-state index contributed by atoms with van der Waals surface area (Å²) in [6, 6.07) is 12.2. The molecule has 0 aliphatic heterocycles. The SMILES string of the molecule is Cc1nc(-c2ccc(C(C)C)c(S(=O)(=O)Nc3ccccc3Cl)c2)cs1. The summed E-state index contributed by atoms with van der Waals surface area (Å²) in [6.07, 6.45) is 0. The van der Waals surface area contributed by atoms with Crippen LogP contribution in [0.4, 0.5) is 5.69 Å². The van der Waals surface area contributed by atoms with Gasteiger partial charge in [-0.25, -0.2) is 13.4 Å². The normalized spacial score (nSPS) is 11.7. The number of sulfonamides is 1. The van der Waals surface area contributed by atoms with E-state index in [1.165, 1.54) is 11.3 Å². The number of aryl methyl sites for hydroxylation is 1. The lowest BCUT2D eigenvalue weighted by molar-refractivity contribution is 0.599. The Hall–Kier alpha value is -1.89. The maximum atomic E-state index is 13.1. The Bertz CT molecular complexity index is 1040. The number of nitrogens with zero attached hydrogens (tertiary/aromatic N) is 1. The average molecular weight is 407 g/mol. The van der Waals surface area contributed by atoms with Gasteiger partial charge >= 0.3 is 0 Å². The van der Waals surface area contributed by atoms with Gasteiger partial charge in [0.05, 0.1) is 26.3 Å². The molecule has 0 atom stereocenters. The fraction of sp³-hybridized carbons (Fsp3) is 0.211. The highest BCUT2D eigenvalue weighted by Gasteiger charge is 2.22. The van der Waals surface area contributed by atoms with E-state index in [2.05, 4.69) is 9.71 Å². The molecule has 1 aromatic heterocycles. The third kappa shape index (κ3) is 3.92. The number of hydrogen-bond donors (Lipinski definition) is 1. The van der Waals surface area contributed by atoms with Crippen LogP contribution in [0.5, 0.6) is 0 Å². The van der Waals surface area contributed by atoms with Crippen molar-refractivity contribution in [1.29, 1.82) is 0 Å². The number of halogens is 1. The Labute approximate surface area is 162 Å². The van der Waals surface area contributed by atoms with Crippen molar-refractivity contribution >= 4 is 38.6 Å². The molecular formula is C19H19ClN2O2S2. The molecule has 0 spiro atoms. The molecule has 136 valence electrons. The first-order chi connectivity index (χ1) is 12.3. The Morgan fingerprint density at radius 3 is 2.50 bits per heavy atom. The molecule has 0 bridgehead atoms. The third-order valence-corrected chi connectivity index (χ3v) is 6.48. The van der Waals surface area contributed by atoms with Crippen molar-refractivity contribution in [2.45, 2.75) is 31.6 Å². The van der Waals surface area contributed by atoms with Gasteiger partial charge in [-0.2, -0.15) is 0 Å². The summed E-state index contributed by atoms with van der Waals surface area (Å²) in [7, 11) is -3.79. The van der Waals surface area contributed by atoms with Crippen LogP contribution in [-0.2, 0) is 10.0 Å². The molecule has 0 saturated heterocycles. The zero-order valence-electron chi connectivity index (χ0n) is 14.7. The third-order valence-electron chi connectivity index (χ3n) is 3.96. The van der Waals surface area contributed by atoms with Crippen LogP contribution in [0.1, 0.15) is 30.3 Å². The van der Waals surface area contributed by atoms with Gasteiger partial charge in [-0.3, -0.25) is 4.72 Å². The van der Waals surface area contributed by atoms with Gasteiger partial charge in [-0.1, -0.05) is 49.7 Å². The Morgan fingerprint density at radius 2 is 1.88 bits per heavy atom. The zero-order valence-corrected chi connectivity index (χ0v) is 17.0. The fourth-order valence-electron chi connectivity index (χ4n) is 2.64. The van der Waals surface area contributed by atoms with Crippen molar-refractivity contribution in [1.82, 2.24) is 4.98 Å². The molecule has 0 amide bonds. The van der Waals surface area contributed by atoms with E-state index in [4.69, 9.17) is 11.6 Å². The molecule has 26 heavy (non-hydrogen) atoms. The van der Waals surface area contributed by atoms with E-state index in [0.717, 1.165) is 21.8 Å². The largest absolute Gasteiger partial charge is 0.278 e. The summed E-state index contributed by atoms with van der Waals surface area (Å²) < 4.78 is 28.8. The van der Waals surface area contributed by atoms with Gasteiger partial charge in [0.25, 0.3) is 10.0 Å². The first kappa shape index (κ1) is 18.9. The van der Waals surface area contributed by atoms with E-state index < -0.39 is 10.0 Å². The highest BCUT2D eigenvalue weighted by atomic mass is 35.5. The van der Waals surface area contributed by atoms with Crippen molar-refractivity contribution in [2.24, 2.45) is 0 Å². The maximum Gasteiger partial charge on any atom is 0.262 e. The monoisotopic (exact) mass is 406 g/mol. The number of benzene rings is 2. The van der Waals surface area contributed by atoms with Crippen LogP contribution in [0.3, 0.4) is 0 Å². The van der Waals surface area contributed by atoms with Gasteiger partial charge in [-0.15, -0.1) is 11.3 Å². The van der Waals surface area contributed by atoms with Crippen molar-refractivity contribution in [3.8, 4) is 11.3 Å². The van der Waals surface area contributed by atoms with Crippen molar-refractivity contribution < 1.29 is 8.42 Å². The number of thiazole rings is 1. The standard InChI is InChI=1S/C19H19ClN2O2S2/c1-12(2)15-9-8-14(18-11-25-13(3)21-18)10-19(15)26(23,24)22-17-7-5-4-6-16(17)20/h4-12,22H,1-3H3. The van der Waals surface area contributed by atoms with Gasteiger partial charge in [0, 0.05) is 10.9 Å². The van der Waals surface area contributed by atoms with Gasteiger partial charge in [0.15, 0.2) is 0 Å².